The van der Waals surface area contributed by atoms with Crippen molar-refractivity contribution in [1.29, 1.82) is 0 Å². The first kappa shape index (κ1) is 12.5. The van der Waals surface area contributed by atoms with E-state index >= 15 is 0 Å². The first-order chi connectivity index (χ1) is 10.3. The van der Waals surface area contributed by atoms with Crippen LogP contribution in [0.25, 0.3) is 32.9 Å². The normalized spacial score (nSPS) is 11.1. The first-order valence-electron chi connectivity index (χ1n) is 6.73. The van der Waals surface area contributed by atoms with Gasteiger partial charge in [-0.15, -0.1) is 0 Å². The Balaban J connectivity index is 2.15. The molecule has 0 N–H and O–H groups in total. The van der Waals surface area contributed by atoms with Crippen LogP contribution in [0.5, 0.6) is 0 Å². The summed E-state index contributed by atoms with van der Waals surface area (Å²) in [5.74, 6) is 0. The standard InChI is InChI=1S/C18H11BrN2/c19-18-20-16(13-7-2-1-3-8-13)15-11-10-12-6-4-5-9-14(12)17(15)21-18/h1-11H. The van der Waals surface area contributed by atoms with Crippen LogP contribution in [-0.4, -0.2) is 9.97 Å². The minimum absolute atomic E-state index is 0.616. The van der Waals surface area contributed by atoms with E-state index in [2.05, 4.69) is 62.3 Å². The van der Waals surface area contributed by atoms with Crippen LogP contribution in [0.1, 0.15) is 0 Å². The van der Waals surface area contributed by atoms with Gasteiger partial charge in [-0.25, -0.2) is 9.97 Å². The van der Waals surface area contributed by atoms with E-state index in [1.807, 2.05) is 30.3 Å². The lowest BCUT2D eigenvalue weighted by Crippen LogP contribution is -1.92. The molecule has 0 saturated carbocycles. The van der Waals surface area contributed by atoms with Crippen LogP contribution < -0.4 is 0 Å². The third kappa shape index (κ3) is 2.10. The summed E-state index contributed by atoms with van der Waals surface area (Å²) in [5, 5.41) is 3.41. The number of fused-ring (bicyclic) bond motifs is 3. The van der Waals surface area contributed by atoms with Crippen LogP contribution in [0.4, 0.5) is 0 Å². The van der Waals surface area contributed by atoms with Crippen molar-refractivity contribution in [3.63, 3.8) is 0 Å². The number of hydrogen-bond donors (Lipinski definition) is 0. The minimum atomic E-state index is 0.616. The Labute approximate surface area is 130 Å². The Morgan fingerprint density at radius 1 is 0.667 bits per heavy atom. The van der Waals surface area contributed by atoms with E-state index in [-0.39, 0.29) is 0 Å². The monoisotopic (exact) mass is 334 g/mol. The minimum Gasteiger partial charge on any atom is -0.221 e. The van der Waals surface area contributed by atoms with Crippen molar-refractivity contribution >= 4 is 37.6 Å². The van der Waals surface area contributed by atoms with E-state index in [1.54, 1.807) is 0 Å². The highest BCUT2D eigenvalue weighted by atomic mass is 79.9. The molecule has 4 aromatic rings. The average Bonchev–Trinajstić information content (AvgIpc) is 2.55. The molecule has 0 aliphatic carbocycles. The molecule has 4 rings (SSSR count). The van der Waals surface area contributed by atoms with E-state index in [0.717, 1.165) is 27.5 Å². The largest absolute Gasteiger partial charge is 0.221 e. The third-order valence-corrected chi connectivity index (χ3v) is 3.97. The second-order valence-corrected chi connectivity index (χ2v) is 5.60. The summed E-state index contributed by atoms with van der Waals surface area (Å²) in [6.45, 7) is 0. The topological polar surface area (TPSA) is 25.8 Å². The molecule has 0 amide bonds. The summed E-state index contributed by atoms with van der Waals surface area (Å²) in [4.78, 5) is 9.18. The molecule has 0 atom stereocenters. The molecule has 0 bridgehead atoms. The molecule has 0 spiro atoms. The Hall–Kier alpha value is -2.26. The number of nitrogens with zero attached hydrogens (tertiary/aromatic N) is 2. The molecule has 3 heteroatoms. The van der Waals surface area contributed by atoms with E-state index < -0.39 is 0 Å². The summed E-state index contributed by atoms with van der Waals surface area (Å²) >= 11 is 3.44. The van der Waals surface area contributed by atoms with Gasteiger partial charge in [0.25, 0.3) is 0 Å². The quantitative estimate of drug-likeness (QED) is 0.352. The molecule has 3 aromatic carbocycles. The van der Waals surface area contributed by atoms with E-state index in [0.29, 0.717) is 4.73 Å². The average molecular weight is 335 g/mol. The molecule has 0 saturated heterocycles. The van der Waals surface area contributed by atoms with Gasteiger partial charge in [0.05, 0.1) is 11.2 Å². The number of benzene rings is 3. The maximum absolute atomic E-state index is 4.60. The maximum atomic E-state index is 4.60. The fourth-order valence-electron chi connectivity index (χ4n) is 2.65. The zero-order chi connectivity index (χ0) is 14.2. The number of hydrogen-bond acceptors (Lipinski definition) is 2. The van der Waals surface area contributed by atoms with Crippen LogP contribution in [0.2, 0.25) is 0 Å². The van der Waals surface area contributed by atoms with E-state index in [1.165, 1.54) is 5.39 Å². The predicted molar refractivity (Wildman–Crippen MR) is 90.2 cm³/mol. The van der Waals surface area contributed by atoms with E-state index in [4.69, 9.17) is 0 Å². The highest BCUT2D eigenvalue weighted by Gasteiger charge is 2.10. The first-order valence-corrected chi connectivity index (χ1v) is 7.53. The summed E-state index contributed by atoms with van der Waals surface area (Å²) in [7, 11) is 0. The number of aromatic nitrogens is 2. The molecule has 21 heavy (non-hydrogen) atoms. The molecule has 0 aliphatic heterocycles. The molecule has 1 heterocycles. The Kier molecular flexibility index (Phi) is 2.93. The Bertz CT molecular complexity index is 949. The molecule has 0 aliphatic rings. The van der Waals surface area contributed by atoms with Gasteiger partial charge in [-0.2, -0.15) is 0 Å². The predicted octanol–water partition coefficient (Wildman–Crippen LogP) is 5.21. The lowest BCUT2D eigenvalue weighted by molar-refractivity contribution is 1.17. The Morgan fingerprint density at radius 3 is 2.29 bits per heavy atom. The molecule has 100 valence electrons. The maximum Gasteiger partial charge on any atom is 0.197 e. The van der Waals surface area contributed by atoms with Crippen molar-refractivity contribution in [2.24, 2.45) is 0 Å². The van der Waals surface area contributed by atoms with Crippen LogP contribution in [0.15, 0.2) is 71.5 Å². The van der Waals surface area contributed by atoms with Crippen molar-refractivity contribution in [2.45, 2.75) is 0 Å². The van der Waals surface area contributed by atoms with Gasteiger partial charge in [-0.1, -0.05) is 60.7 Å². The smallest absolute Gasteiger partial charge is 0.197 e. The second-order valence-electron chi connectivity index (χ2n) is 4.89. The van der Waals surface area contributed by atoms with Crippen LogP contribution in [-0.2, 0) is 0 Å². The summed E-state index contributed by atoms with van der Waals surface area (Å²) < 4.78 is 0.616. The molecule has 0 radical (unpaired) electrons. The number of rotatable bonds is 1. The van der Waals surface area contributed by atoms with Crippen molar-refractivity contribution in [1.82, 2.24) is 9.97 Å². The molecule has 1 aromatic heterocycles. The van der Waals surface area contributed by atoms with E-state index in [9.17, 15) is 0 Å². The summed E-state index contributed by atoms with van der Waals surface area (Å²) in [5.41, 5.74) is 3.04. The third-order valence-electron chi connectivity index (χ3n) is 3.61. The fraction of sp³-hybridized carbons (Fsp3) is 0. The lowest BCUT2D eigenvalue weighted by atomic mass is 10.0. The molecular weight excluding hydrogens is 324 g/mol. The van der Waals surface area contributed by atoms with Crippen LogP contribution >= 0.6 is 15.9 Å². The molecule has 2 nitrogen and oxygen atoms in total. The highest BCUT2D eigenvalue weighted by Crippen LogP contribution is 2.31. The van der Waals surface area contributed by atoms with Crippen molar-refractivity contribution in [3.8, 4) is 11.3 Å². The van der Waals surface area contributed by atoms with Gasteiger partial charge in [0.1, 0.15) is 0 Å². The van der Waals surface area contributed by atoms with Crippen molar-refractivity contribution in [3.05, 3.63) is 71.5 Å². The van der Waals surface area contributed by atoms with Crippen LogP contribution in [0.3, 0.4) is 0 Å². The van der Waals surface area contributed by atoms with Gasteiger partial charge in [0.2, 0.25) is 0 Å². The van der Waals surface area contributed by atoms with Gasteiger partial charge in [-0.05, 0) is 27.4 Å². The zero-order valence-corrected chi connectivity index (χ0v) is 12.7. The van der Waals surface area contributed by atoms with Gasteiger partial charge in [0.15, 0.2) is 4.73 Å². The van der Waals surface area contributed by atoms with Gasteiger partial charge in [-0.3, -0.25) is 0 Å². The van der Waals surface area contributed by atoms with Crippen LogP contribution in [0, 0.1) is 0 Å². The van der Waals surface area contributed by atoms with Crippen molar-refractivity contribution < 1.29 is 0 Å². The van der Waals surface area contributed by atoms with Gasteiger partial charge >= 0.3 is 0 Å². The number of halogens is 1. The molecule has 0 unspecified atom stereocenters. The zero-order valence-electron chi connectivity index (χ0n) is 11.1. The molecule has 0 fully saturated rings. The lowest BCUT2D eigenvalue weighted by Gasteiger charge is -2.09. The highest BCUT2D eigenvalue weighted by molar-refractivity contribution is 9.10. The van der Waals surface area contributed by atoms with Gasteiger partial charge in [0, 0.05) is 16.3 Å². The molecular formula is C18H11BrN2. The second kappa shape index (κ2) is 4.93. The fourth-order valence-corrected chi connectivity index (χ4v) is 3.01. The Morgan fingerprint density at radius 2 is 1.43 bits per heavy atom. The van der Waals surface area contributed by atoms with Gasteiger partial charge < -0.3 is 0 Å². The van der Waals surface area contributed by atoms with Crippen molar-refractivity contribution in [2.75, 3.05) is 0 Å². The SMILES string of the molecule is Brc1nc(-c2ccccc2)c2ccc3ccccc3c2n1. The summed E-state index contributed by atoms with van der Waals surface area (Å²) in [6, 6.07) is 22.7. The summed E-state index contributed by atoms with van der Waals surface area (Å²) in [6.07, 6.45) is 0.